The molecule has 1 heterocycles. The molecule has 4 heteroatoms. The summed E-state index contributed by atoms with van der Waals surface area (Å²) >= 11 is 3.56. The highest BCUT2D eigenvalue weighted by molar-refractivity contribution is 9.10. The second-order valence-electron chi connectivity index (χ2n) is 5.89. The molecule has 0 amide bonds. The van der Waals surface area contributed by atoms with E-state index in [0.717, 1.165) is 23.2 Å². The maximum absolute atomic E-state index is 5.28. The SMILES string of the molecule is COc1ccc(N(C)C2CCNC(C)(C)C2)cc1Br. The summed E-state index contributed by atoms with van der Waals surface area (Å²) < 4.78 is 6.29. The average Bonchev–Trinajstić information content (AvgIpc) is 2.36. The molecule has 1 aromatic rings. The van der Waals surface area contributed by atoms with Gasteiger partial charge >= 0.3 is 0 Å². The van der Waals surface area contributed by atoms with Crippen molar-refractivity contribution in [1.29, 1.82) is 0 Å². The topological polar surface area (TPSA) is 24.5 Å². The van der Waals surface area contributed by atoms with Crippen LogP contribution in [0.5, 0.6) is 5.75 Å². The molecule has 106 valence electrons. The van der Waals surface area contributed by atoms with Crippen molar-refractivity contribution in [1.82, 2.24) is 5.32 Å². The van der Waals surface area contributed by atoms with Gasteiger partial charge in [-0.2, -0.15) is 0 Å². The fourth-order valence-electron chi connectivity index (χ4n) is 2.76. The first-order valence-electron chi connectivity index (χ1n) is 6.74. The number of benzene rings is 1. The molecule has 1 aromatic carbocycles. The van der Waals surface area contributed by atoms with Gasteiger partial charge in [-0.3, -0.25) is 0 Å². The normalized spacial score (nSPS) is 22.1. The van der Waals surface area contributed by atoms with Crippen molar-refractivity contribution < 1.29 is 4.74 Å². The van der Waals surface area contributed by atoms with E-state index in [1.165, 1.54) is 12.1 Å². The highest BCUT2D eigenvalue weighted by Crippen LogP contribution is 2.32. The van der Waals surface area contributed by atoms with Crippen LogP contribution in [0.3, 0.4) is 0 Å². The number of hydrogen-bond donors (Lipinski definition) is 1. The lowest BCUT2D eigenvalue weighted by Crippen LogP contribution is -2.52. The molecule has 1 unspecified atom stereocenters. The summed E-state index contributed by atoms with van der Waals surface area (Å²) in [6, 6.07) is 6.85. The Morgan fingerprint density at radius 1 is 1.42 bits per heavy atom. The lowest BCUT2D eigenvalue weighted by Gasteiger charge is -2.41. The quantitative estimate of drug-likeness (QED) is 0.921. The van der Waals surface area contributed by atoms with Crippen LogP contribution in [0, 0.1) is 0 Å². The average molecular weight is 327 g/mol. The predicted molar refractivity (Wildman–Crippen MR) is 84.2 cm³/mol. The molecule has 3 nitrogen and oxygen atoms in total. The summed E-state index contributed by atoms with van der Waals surface area (Å²) in [7, 11) is 3.87. The number of ether oxygens (including phenoxy) is 1. The van der Waals surface area contributed by atoms with Gasteiger partial charge in [0.1, 0.15) is 5.75 Å². The number of anilines is 1. The van der Waals surface area contributed by atoms with Gasteiger partial charge in [0.05, 0.1) is 11.6 Å². The molecule has 1 aliphatic rings. The number of piperidine rings is 1. The Labute approximate surface area is 124 Å². The van der Waals surface area contributed by atoms with Crippen molar-refractivity contribution in [2.45, 2.75) is 38.3 Å². The van der Waals surface area contributed by atoms with Crippen molar-refractivity contribution >= 4 is 21.6 Å². The van der Waals surface area contributed by atoms with E-state index in [-0.39, 0.29) is 5.54 Å². The van der Waals surface area contributed by atoms with Crippen molar-refractivity contribution in [2.75, 3.05) is 25.6 Å². The van der Waals surface area contributed by atoms with E-state index in [4.69, 9.17) is 4.74 Å². The van der Waals surface area contributed by atoms with Gasteiger partial charge in [-0.05, 0) is 67.4 Å². The third kappa shape index (κ3) is 3.42. The maximum atomic E-state index is 5.28. The highest BCUT2D eigenvalue weighted by Gasteiger charge is 2.29. The minimum atomic E-state index is 0.223. The van der Waals surface area contributed by atoms with E-state index in [1.807, 2.05) is 6.07 Å². The molecular weight excluding hydrogens is 304 g/mol. The summed E-state index contributed by atoms with van der Waals surface area (Å²) in [6.07, 6.45) is 2.34. The summed E-state index contributed by atoms with van der Waals surface area (Å²) in [5.41, 5.74) is 1.45. The Hall–Kier alpha value is -0.740. The molecule has 0 spiro atoms. The van der Waals surface area contributed by atoms with E-state index >= 15 is 0 Å². The third-order valence-electron chi connectivity index (χ3n) is 3.92. The van der Waals surface area contributed by atoms with Crippen molar-refractivity contribution in [3.05, 3.63) is 22.7 Å². The van der Waals surface area contributed by atoms with Crippen LogP contribution in [0.1, 0.15) is 26.7 Å². The largest absolute Gasteiger partial charge is 0.496 e. The number of hydrogen-bond acceptors (Lipinski definition) is 3. The first-order chi connectivity index (χ1) is 8.93. The van der Waals surface area contributed by atoms with Gasteiger partial charge in [0.2, 0.25) is 0 Å². The molecule has 0 aliphatic carbocycles. The fraction of sp³-hybridized carbons (Fsp3) is 0.600. The molecule has 0 bridgehead atoms. The lowest BCUT2D eigenvalue weighted by atomic mass is 9.88. The predicted octanol–water partition coefficient (Wildman–Crippen LogP) is 3.42. The smallest absolute Gasteiger partial charge is 0.133 e. The maximum Gasteiger partial charge on any atom is 0.133 e. The second kappa shape index (κ2) is 5.71. The number of methoxy groups -OCH3 is 1. The van der Waals surface area contributed by atoms with E-state index in [9.17, 15) is 0 Å². The van der Waals surface area contributed by atoms with Crippen molar-refractivity contribution in [2.24, 2.45) is 0 Å². The van der Waals surface area contributed by atoms with Crippen molar-refractivity contribution in [3.8, 4) is 5.75 Å². The second-order valence-corrected chi connectivity index (χ2v) is 6.74. The zero-order valence-corrected chi connectivity index (χ0v) is 13.8. The molecule has 1 aliphatic heterocycles. The standard InChI is InChI=1S/C15H23BrN2O/c1-15(2)10-12(7-8-17-15)18(3)11-5-6-14(19-4)13(16)9-11/h5-6,9,12,17H,7-8,10H2,1-4H3. The molecule has 1 atom stereocenters. The summed E-state index contributed by atoms with van der Waals surface area (Å²) in [6.45, 7) is 5.63. The molecule has 2 rings (SSSR count). The molecule has 0 radical (unpaired) electrons. The Bertz CT molecular complexity index is 448. The Morgan fingerprint density at radius 3 is 2.74 bits per heavy atom. The van der Waals surface area contributed by atoms with Crippen molar-refractivity contribution in [3.63, 3.8) is 0 Å². The van der Waals surface area contributed by atoms with Gasteiger partial charge < -0.3 is 15.0 Å². The summed E-state index contributed by atoms with van der Waals surface area (Å²) in [5, 5.41) is 3.57. The van der Waals surface area contributed by atoms with Crippen LogP contribution in [-0.4, -0.2) is 32.3 Å². The number of nitrogens with zero attached hydrogens (tertiary/aromatic N) is 1. The van der Waals surface area contributed by atoms with E-state index in [2.05, 4.69) is 59.2 Å². The van der Waals surface area contributed by atoms with Crippen LogP contribution in [0.15, 0.2) is 22.7 Å². The van der Waals surface area contributed by atoms with Gasteiger partial charge in [0.25, 0.3) is 0 Å². The molecule has 0 saturated carbocycles. The van der Waals surface area contributed by atoms with Gasteiger partial charge in [0, 0.05) is 24.3 Å². The molecule has 1 saturated heterocycles. The minimum Gasteiger partial charge on any atom is -0.496 e. The molecular formula is C15H23BrN2O. The van der Waals surface area contributed by atoms with Gasteiger partial charge in [-0.15, -0.1) is 0 Å². The highest BCUT2D eigenvalue weighted by atomic mass is 79.9. The van der Waals surface area contributed by atoms with Gasteiger partial charge in [0.15, 0.2) is 0 Å². The zero-order chi connectivity index (χ0) is 14.0. The molecule has 0 aromatic heterocycles. The zero-order valence-electron chi connectivity index (χ0n) is 12.2. The molecule has 1 N–H and O–H groups in total. The Kier molecular flexibility index (Phi) is 4.41. The van der Waals surface area contributed by atoms with Gasteiger partial charge in [-0.1, -0.05) is 0 Å². The van der Waals surface area contributed by atoms with Crippen LogP contribution in [0.4, 0.5) is 5.69 Å². The lowest BCUT2D eigenvalue weighted by molar-refractivity contribution is 0.271. The first kappa shape index (κ1) is 14.7. The first-order valence-corrected chi connectivity index (χ1v) is 7.54. The van der Waals surface area contributed by atoms with Gasteiger partial charge in [-0.25, -0.2) is 0 Å². The Balaban J connectivity index is 2.15. The van der Waals surface area contributed by atoms with Crippen LogP contribution in [0.25, 0.3) is 0 Å². The number of rotatable bonds is 3. The molecule has 19 heavy (non-hydrogen) atoms. The van der Waals surface area contributed by atoms with E-state index in [0.29, 0.717) is 6.04 Å². The third-order valence-corrected chi connectivity index (χ3v) is 4.54. The van der Waals surface area contributed by atoms with Crippen LogP contribution < -0.4 is 15.0 Å². The summed E-state index contributed by atoms with van der Waals surface area (Å²) in [4.78, 5) is 2.38. The van der Waals surface area contributed by atoms with E-state index in [1.54, 1.807) is 7.11 Å². The summed E-state index contributed by atoms with van der Waals surface area (Å²) in [5.74, 6) is 0.878. The van der Waals surface area contributed by atoms with Crippen LogP contribution in [-0.2, 0) is 0 Å². The fourth-order valence-corrected chi connectivity index (χ4v) is 3.29. The Morgan fingerprint density at radius 2 is 2.16 bits per heavy atom. The van der Waals surface area contributed by atoms with Crippen LogP contribution >= 0.6 is 15.9 Å². The number of halogens is 1. The van der Waals surface area contributed by atoms with E-state index < -0.39 is 0 Å². The van der Waals surface area contributed by atoms with Crippen LogP contribution in [0.2, 0.25) is 0 Å². The number of nitrogens with one attached hydrogen (secondary N) is 1. The monoisotopic (exact) mass is 326 g/mol. The molecule has 1 fully saturated rings. The minimum absolute atomic E-state index is 0.223.